The number of carbonyl (C=O) groups is 2. The maximum Gasteiger partial charge on any atom is 0.446 e. The number of nitrogens with zero attached hydrogens (tertiary/aromatic N) is 1. The highest BCUT2D eigenvalue weighted by molar-refractivity contribution is 7.81. The Kier molecular flexibility index (Phi) is 9.31. The van der Waals surface area contributed by atoms with Crippen LogP contribution in [0.4, 0.5) is 15.8 Å². The molecular weight excluding hydrogens is 585 g/mol. The van der Waals surface area contributed by atoms with Crippen molar-refractivity contribution in [1.82, 2.24) is 4.98 Å². The number of pyridine rings is 1. The molecule has 5 rings (SSSR count). The molecule has 0 radical (unpaired) electrons. The molecule has 1 aromatic heterocycles. The molecule has 1 aliphatic carbocycles. The second-order valence-electron chi connectivity index (χ2n) is 9.29. The summed E-state index contributed by atoms with van der Waals surface area (Å²) < 4.78 is 63.8. The van der Waals surface area contributed by atoms with Gasteiger partial charge in [-0.3, -0.25) is 14.3 Å². The van der Waals surface area contributed by atoms with Gasteiger partial charge in [-0.2, -0.15) is 8.42 Å². The number of aldehydes is 1. The minimum atomic E-state index is -4.87. The third kappa shape index (κ3) is 7.67. The van der Waals surface area contributed by atoms with Crippen molar-refractivity contribution in [3.05, 3.63) is 72.7 Å². The Hall–Kier alpha value is -4.95. The number of methoxy groups -OCH3 is 2. The Bertz CT molecular complexity index is 1740. The van der Waals surface area contributed by atoms with Crippen LogP contribution < -0.4 is 29.0 Å². The van der Waals surface area contributed by atoms with E-state index >= 15 is 0 Å². The first-order valence-electron chi connectivity index (χ1n) is 12.7. The summed E-state index contributed by atoms with van der Waals surface area (Å²) in [6, 6.07) is 16.0. The predicted octanol–water partition coefficient (Wildman–Crippen LogP) is 5.01. The SMILES string of the molecule is CNc1ccc(Oc2ccnc3cc(OC)c(OC)cc23)cc1.O=CC1(C(=O)Nc2ccc(F)cc2OS(=O)(=O)O)CC1. The van der Waals surface area contributed by atoms with Crippen LogP contribution in [0.1, 0.15) is 12.8 Å². The van der Waals surface area contributed by atoms with Gasteiger partial charge in [0.15, 0.2) is 17.2 Å². The van der Waals surface area contributed by atoms with E-state index in [2.05, 4.69) is 19.8 Å². The average Bonchev–Trinajstić information content (AvgIpc) is 3.79. The maximum absolute atomic E-state index is 13.0. The lowest BCUT2D eigenvalue weighted by Crippen LogP contribution is -2.25. The molecule has 1 fully saturated rings. The molecule has 1 heterocycles. The van der Waals surface area contributed by atoms with E-state index in [9.17, 15) is 22.4 Å². The van der Waals surface area contributed by atoms with Crippen LogP contribution in [0.2, 0.25) is 0 Å². The van der Waals surface area contributed by atoms with E-state index < -0.39 is 33.3 Å². The number of hydrogen-bond donors (Lipinski definition) is 3. The first-order valence-corrected chi connectivity index (χ1v) is 14.1. The highest BCUT2D eigenvalue weighted by Crippen LogP contribution is 2.45. The first-order chi connectivity index (χ1) is 20.5. The third-order valence-corrected chi connectivity index (χ3v) is 6.82. The molecule has 0 atom stereocenters. The minimum absolute atomic E-state index is 0.165. The van der Waals surface area contributed by atoms with Crippen molar-refractivity contribution < 1.29 is 45.3 Å². The van der Waals surface area contributed by atoms with Crippen molar-refractivity contribution in [3.8, 4) is 28.7 Å². The number of hydrogen-bond acceptors (Lipinski definition) is 10. The molecule has 0 saturated heterocycles. The fourth-order valence-electron chi connectivity index (χ4n) is 3.91. The van der Waals surface area contributed by atoms with Gasteiger partial charge in [-0.15, -0.1) is 0 Å². The van der Waals surface area contributed by atoms with Gasteiger partial charge < -0.3 is 33.8 Å². The molecule has 3 aromatic carbocycles. The summed E-state index contributed by atoms with van der Waals surface area (Å²) in [4.78, 5) is 27.0. The van der Waals surface area contributed by atoms with Gasteiger partial charge >= 0.3 is 10.4 Å². The molecule has 0 aliphatic heterocycles. The largest absolute Gasteiger partial charge is 0.493 e. The number of ether oxygens (including phenoxy) is 3. The molecule has 226 valence electrons. The van der Waals surface area contributed by atoms with E-state index in [0.717, 1.165) is 34.5 Å². The molecule has 43 heavy (non-hydrogen) atoms. The smallest absolute Gasteiger partial charge is 0.446 e. The Morgan fingerprint density at radius 3 is 2.23 bits per heavy atom. The molecule has 12 nitrogen and oxygen atoms in total. The van der Waals surface area contributed by atoms with E-state index in [1.54, 1.807) is 20.4 Å². The maximum atomic E-state index is 13.0. The summed E-state index contributed by atoms with van der Waals surface area (Å²) in [6.07, 6.45) is 3.00. The van der Waals surface area contributed by atoms with Crippen LogP contribution in [-0.2, 0) is 20.0 Å². The van der Waals surface area contributed by atoms with Crippen molar-refractivity contribution in [2.75, 3.05) is 31.9 Å². The lowest BCUT2D eigenvalue weighted by Gasteiger charge is -2.12. The van der Waals surface area contributed by atoms with Crippen LogP contribution in [0.15, 0.2) is 66.9 Å². The van der Waals surface area contributed by atoms with Crippen LogP contribution in [0, 0.1) is 11.2 Å². The normalized spacial score (nSPS) is 13.1. The fraction of sp³-hybridized carbons (Fsp3) is 0.207. The van der Waals surface area contributed by atoms with E-state index in [-0.39, 0.29) is 5.69 Å². The molecular formula is C29H28FN3O9S. The molecule has 3 N–H and O–H groups in total. The number of anilines is 2. The molecule has 1 saturated carbocycles. The summed E-state index contributed by atoms with van der Waals surface area (Å²) in [5.41, 5.74) is 0.529. The Morgan fingerprint density at radius 2 is 1.65 bits per heavy atom. The zero-order valence-corrected chi connectivity index (χ0v) is 24.1. The molecule has 0 unspecified atom stereocenters. The summed E-state index contributed by atoms with van der Waals surface area (Å²) in [7, 11) is 0.228. The van der Waals surface area contributed by atoms with E-state index in [1.807, 2.05) is 49.5 Å². The zero-order valence-electron chi connectivity index (χ0n) is 23.3. The number of rotatable bonds is 10. The van der Waals surface area contributed by atoms with Crippen molar-refractivity contribution in [2.24, 2.45) is 5.41 Å². The average molecular weight is 614 g/mol. The second kappa shape index (κ2) is 12.9. The van der Waals surface area contributed by atoms with Gasteiger partial charge in [-0.1, -0.05) is 0 Å². The molecule has 0 spiro atoms. The van der Waals surface area contributed by atoms with E-state index in [0.29, 0.717) is 42.4 Å². The quantitative estimate of drug-likeness (QED) is 0.125. The summed E-state index contributed by atoms with van der Waals surface area (Å²) >= 11 is 0. The Morgan fingerprint density at radius 1 is 0.977 bits per heavy atom. The number of amides is 1. The van der Waals surface area contributed by atoms with E-state index in [1.165, 1.54) is 0 Å². The molecule has 1 aliphatic rings. The monoisotopic (exact) mass is 613 g/mol. The predicted molar refractivity (Wildman–Crippen MR) is 156 cm³/mol. The van der Waals surface area contributed by atoms with Gasteiger partial charge in [-0.05, 0) is 61.4 Å². The fourth-order valence-corrected chi connectivity index (χ4v) is 4.28. The highest BCUT2D eigenvalue weighted by atomic mass is 32.3. The number of nitrogens with one attached hydrogen (secondary N) is 2. The lowest BCUT2D eigenvalue weighted by atomic mass is 10.1. The number of halogens is 1. The zero-order chi connectivity index (χ0) is 31.2. The van der Waals surface area contributed by atoms with Gasteiger partial charge in [-0.25, -0.2) is 4.39 Å². The van der Waals surface area contributed by atoms with Crippen molar-refractivity contribution in [2.45, 2.75) is 12.8 Å². The highest BCUT2D eigenvalue weighted by Gasteiger charge is 2.50. The number of benzene rings is 3. The van der Waals surface area contributed by atoms with Crippen LogP contribution in [0.3, 0.4) is 0 Å². The first kappa shape index (κ1) is 31.0. The van der Waals surface area contributed by atoms with Crippen molar-refractivity contribution in [3.63, 3.8) is 0 Å². The van der Waals surface area contributed by atoms with Gasteiger partial charge in [0.1, 0.15) is 29.0 Å². The van der Waals surface area contributed by atoms with Crippen molar-refractivity contribution >= 4 is 44.9 Å². The number of carbonyl (C=O) groups excluding carboxylic acids is 2. The molecule has 4 aromatic rings. The molecule has 14 heteroatoms. The van der Waals surface area contributed by atoms with Gasteiger partial charge in [0, 0.05) is 36.5 Å². The Labute approximate surface area is 246 Å². The molecule has 1 amide bonds. The second-order valence-corrected chi connectivity index (χ2v) is 10.3. The van der Waals surface area contributed by atoms with Gasteiger partial charge in [0.25, 0.3) is 0 Å². The number of aromatic nitrogens is 1. The van der Waals surface area contributed by atoms with Crippen LogP contribution >= 0.6 is 0 Å². The summed E-state index contributed by atoms with van der Waals surface area (Å²) in [5, 5.41) is 6.22. The van der Waals surface area contributed by atoms with Crippen molar-refractivity contribution in [1.29, 1.82) is 0 Å². The molecule has 0 bridgehead atoms. The van der Waals surface area contributed by atoms with E-state index in [4.69, 9.17) is 18.8 Å². The standard InChI is InChI=1S/C18H18N2O3.C11H10FNO6S/c1-19-12-4-6-13(7-5-12)23-16-8-9-20-15-11-18(22-3)17(21-2)10-14(15)16;12-7-1-2-8(9(5-7)19-20(16,17)18)13-10(15)11(6-14)3-4-11/h4-11,19H,1-3H3;1-2,5-6H,3-4H2,(H,13,15)(H,16,17,18). The summed E-state index contributed by atoms with van der Waals surface area (Å²) in [5.74, 6) is 0.714. The Balaban J connectivity index is 0.000000199. The lowest BCUT2D eigenvalue weighted by molar-refractivity contribution is -0.126. The van der Waals surface area contributed by atoms with Crippen LogP contribution in [0.5, 0.6) is 28.7 Å². The summed E-state index contributed by atoms with van der Waals surface area (Å²) in [6.45, 7) is 0. The van der Waals surface area contributed by atoms with Crippen LogP contribution in [-0.4, -0.2) is 51.4 Å². The van der Waals surface area contributed by atoms with Crippen LogP contribution in [0.25, 0.3) is 10.9 Å². The topological polar surface area (TPSA) is 162 Å². The number of fused-ring (bicyclic) bond motifs is 1. The van der Waals surface area contributed by atoms with Gasteiger partial charge in [0.2, 0.25) is 5.91 Å². The minimum Gasteiger partial charge on any atom is -0.493 e. The third-order valence-electron chi connectivity index (χ3n) is 6.43. The van der Waals surface area contributed by atoms with Gasteiger partial charge in [0.05, 0.1) is 25.4 Å².